The molecule has 0 spiro atoms. The highest BCUT2D eigenvalue weighted by atomic mass is 16.7. The van der Waals surface area contributed by atoms with Crippen molar-refractivity contribution in [1.29, 1.82) is 0 Å². The third kappa shape index (κ3) is 1.66. The van der Waals surface area contributed by atoms with Crippen molar-refractivity contribution in [3.05, 3.63) is 12.0 Å². The Hall–Kier alpha value is -0.660. The Bertz CT molecular complexity index is 129. The molecule has 2 nitrogen and oxygen atoms in total. The first-order valence-electron chi connectivity index (χ1n) is 3.82. The Morgan fingerprint density at radius 2 is 2.50 bits per heavy atom. The summed E-state index contributed by atoms with van der Waals surface area (Å²) in [6, 6.07) is 0. The van der Waals surface area contributed by atoms with Gasteiger partial charge in [0.05, 0.1) is 6.61 Å². The van der Waals surface area contributed by atoms with E-state index in [1.807, 2.05) is 13.0 Å². The number of hydrogen-bond acceptors (Lipinski definition) is 2. The molecule has 1 atom stereocenters. The largest absolute Gasteiger partial charge is 0.466 e. The van der Waals surface area contributed by atoms with Crippen LogP contribution in [0.25, 0.3) is 0 Å². The molecule has 0 aromatic carbocycles. The minimum absolute atomic E-state index is 0.375. The van der Waals surface area contributed by atoms with Gasteiger partial charge in [0, 0.05) is 6.42 Å². The van der Waals surface area contributed by atoms with Crippen LogP contribution in [0.3, 0.4) is 0 Å². The normalized spacial score (nSPS) is 29.4. The number of allylic oxidation sites excluding steroid dienone is 1. The summed E-state index contributed by atoms with van der Waals surface area (Å²) in [5.74, 6) is 0.693. The smallest absolute Gasteiger partial charge is 0.274 e. The SMILES string of the molecule is C/C=C1\OCCC(CC)O1. The second-order valence-electron chi connectivity index (χ2n) is 2.39. The second-order valence-corrected chi connectivity index (χ2v) is 2.39. The van der Waals surface area contributed by atoms with E-state index in [2.05, 4.69) is 6.92 Å². The predicted molar refractivity (Wildman–Crippen MR) is 39.5 cm³/mol. The Labute approximate surface area is 61.8 Å². The van der Waals surface area contributed by atoms with Gasteiger partial charge in [0.15, 0.2) is 0 Å². The predicted octanol–water partition coefficient (Wildman–Crippen LogP) is 2.06. The zero-order valence-corrected chi connectivity index (χ0v) is 6.59. The molecule has 1 rings (SSSR count). The van der Waals surface area contributed by atoms with Crippen LogP contribution in [0.5, 0.6) is 0 Å². The lowest BCUT2D eigenvalue weighted by molar-refractivity contribution is -0.0646. The van der Waals surface area contributed by atoms with Crippen molar-refractivity contribution < 1.29 is 9.47 Å². The van der Waals surface area contributed by atoms with E-state index in [0.29, 0.717) is 12.0 Å². The Morgan fingerprint density at radius 1 is 1.70 bits per heavy atom. The topological polar surface area (TPSA) is 18.5 Å². The first-order chi connectivity index (χ1) is 4.86. The van der Waals surface area contributed by atoms with Gasteiger partial charge in [-0.3, -0.25) is 0 Å². The van der Waals surface area contributed by atoms with Gasteiger partial charge in [-0.2, -0.15) is 0 Å². The van der Waals surface area contributed by atoms with E-state index in [9.17, 15) is 0 Å². The van der Waals surface area contributed by atoms with Crippen molar-refractivity contribution in [3.63, 3.8) is 0 Å². The van der Waals surface area contributed by atoms with E-state index < -0.39 is 0 Å². The second kappa shape index (κ2) is 3.49. The molecule has 1 fully saturated rings. The summed E-state index contributed by atoms with van der Waals surface area (Å²) in [7, 11) is 0. The maximum Gasteiger partial charge on any atom is 0.274 e. The van der Waals surface area contributed by atoms with E-state index in [0.717, 1.165) is 19.4 Å². The summed E-state index contributed by atoms with van der Waals surface area (Å²) in [6.07, 6.45) is 4.33. The lowest BCUT2D eigenvalue weighted by Gasteiger charge is -2.24. The number of hydrogen-bond donors (Lipinski definition) is 0. The van der Waals surface area contributed by atoms with Gasteiger partial charge in [-0.15, -0.1) is 0 Å². The van der Waals surface area contributed by atoms with Crippen molar-refractivity contribution in [1.82, 2.24) is 0 Å². The third-order valence-corrected chi connectivity index (χ3v) is 1.66. The summed E-state index contributed by atoms with van der Waals surface area (Å²) in [5, 5.41) is 0. The van der Waals surface area contributed by atoms with Gasteiger partial charge in [-0.1, -0.05) is 6.92 Å². The molecule has 1 heterocycles. The van der Waals surface area contributed by atoms with Crippen LogP contribution >= 0.6 is 0 Å². The lowest BCUT2D eigenvalue weighted by atomic mass is 10.2. The highest BCUT2D eigenvalue weighted by Crippen LogP contribution is 2.16. The molecule has 0 aliphatic carbocycles. The molecule has 0 bridgehead atoms. The first-order valence-corrected chi connectivity index (χ1v) is 3.82. The average Bonchev–Trinajstić information content (AvgIpc) is 2.05. The quantitative estimate of drug-likeness (QED) is 0.558. The molecule has 0 N–H and O–H groups in total. The Morgan fingerprint density at radius 3 is 3.10 bits per heavy atom. The van der Waals surface area contributed by atoms with E-state index in [1.54, 1.807) is 0 Å². The highest BCUT2D eigenvalue weighted by molar-refractivity contribution is 4.83. The van der Waals surface area contributed by atoms with E-state index in [-0.39, 0.29) is 0 Å². The van der Waals surface area contributed by atoms with Crippen LogP contribution in [0.4, 0.5) is 0 Å². The molecule has 0 amide bonds. The number of rotatable bonds is 1. The van der Waals surface area contributed by atoms with Gasteiger partial charge in [-0.25, -0.2) is 0 Å². The molecule has 2 heteroatoms. The molecule has 10 heavy (non-hydrogen) atoms. The van der Waals surface area contributed by atoms with Gasteiger partial charge in [-0.05, 0) is 19.4 Å². The van der Waals surface area contributed by atoms with Gasteiger partial charge < -0.3 is 9.47 Å². The van der Waals surface area contributed by atoms with Gasteiger partial charge >= 0.3 is 0 Å². The third-order valence-electron chi connectivity index (χ3n) is 1.66. The molecule has 1 unspecified atom stereocenters. The monoisotopic (exact) mass is 142 g/mol. The van der Waals surface area contributed by atoms with E-state index in [4.69, 9.17) is 9.47 Å². The van der Waals surface area contributed by atoms with Crippen LogP contribution in [0.1, 0.15) is 26.7 Å². The summed E-state index contributed by atoms with van der Waals surface area (Å²) in [6.45, 7) is 4.86. The van der Waals surface area contributed by atoms with Crippen molar-refractivity contribution in [2.75, 3.05) is 6.61 Å². The van der Waals surface area contributed by atoms with Crippen molar-refractivity contribution in [2.45, 2.75) is 32.8 Å². The zero-order chi connectivity index (χ0) is 7.40. The fourth-order valence-electron chi connectivity index (χ4n) is 0.987. The summed E-state index contributed by atoms with van der Waals surface area (Å²) >= 11 is 0. The molecule has 0 aromatic rings. The molecular formula is C8H14O2. The standard InChI is InChI=1S/C8H14O2/c1-3-7-5-6-9-8(4-2)10-7/h4,7H,3,5-6H2,1-2H3/b8-4+. The van der Waals surface area contributed by atoms with Crippen molar-refractivity contribution in [3.8, 4) is 0 Å². The van der Waals surface area contributed by atoms with Gasteiger partial charge in [0.25, 0.3) is 5.95 Å². The highest BCUT2D eigenvalue weighted by Gasteiger charge is 2.15. The Kier molecular flexibility index (Phi) is 2.60. The maximum atomic E-state index is 5.42. The lowest BCUT2D eigenvalue weighted by Crippen LogP contribution is -2.21. The van der Waals surface area contributed by atoms with Crippen LogP contribution in [0.2, 0.25) is 0 Å². The minimum atomic E-state index is 0.375. The maximum absolute atomic E-state index is 5.42. The van der Waals surface area contributed by atoms with E-state index in [1.165, 1.54) is 0 Å². The Balaban J connectivity index is 2.39. The average molecular weight is 142 g/mol. The van der Waals surface area contributed by atoms with Gasteiger partial charge in [0.2, 0.25) is 0 Å². The van der Waals surface area contributed by atoms with Crippen LogP contribution in [-0.2, 0) is 9.47 Å². The van der Waals surface area contributed by atoms with Crippen LogP contribution < -0.4 is 0 Å². The molecule has 0 aromatic heterocycles. The van der Waals surface area contributed by atoms with Crippen molar-refractivity contribution in [2.24, 2.45) is 0 Å². The van der Waals surface area contributed by atoms with Crippen LogP contribution in [-0.4, -0.2) is 12.7 Å². The van der Waals surface area contributed by atoms with Gasteiger partial charge in [0.1, 0.15) is 6.10 Å². The van der Waals surface area contributed by atoms with Crippen LogP contribution in [0, 0.1) is 0 Å². The number of ether oxygens (including phenoxy) is 2. The summed E-state index contributed by atoms with van der Waals surface area (Å²) in [4.78, 5) is 0. The van der Waals surface area contributed by atoms with E-state index >= 15 is 0 Å². The molecule has 0 radical (unpaired) electrons. The first kappa shape index (κ1) is 7.45. The fourth-order valence-corrected chi connectivity index (χ4v) is 0.987. The molecule has 1 aliphatic rings. The molecule has 58 valence electrons. The summed E-state index contributed by atoms with van der Waals surface area (Å²) in [5.41, 5.74) is 0. The molecule has 1 saturated heterocycles. The van der Waals surface area contributed by atoms with Crippen molar-refractivity contribution >= 4 is 0 Å². The zero-order valence-electron chi connectivity index (χ0n) is 6.59. The minimum Gasteiger partial charge on any atom is -0.466 e. The van der Waals surface area contributed by atoms with Crippen LogP contribution in [0.15, 0.2) is 12.0 Å². The molecule has 0 saturated carbocycles. The fraction of sp³-hybridized carbons (Fsp3) is 0.750. The molecular weight excluding hydrogens is 128 g/mol. The molecule has 1 aliphatic heterocycles. The summed E-state index contributed by atoms with van der Waals surface area (Å²) < 4.78 is 10.6.